The summed E-state index contributed by atoms with van der Waals surface area (Å²) in [6.07, 6.45) is 4.34. The quantitative estimate of drug-likeness (QED) is 0.205. The zero-order chi connectivity index (χ0) is 23.2. The number of aliphatic imine (C=N–C) groups is 1. The van der Waals surface area contributed by atoms with E-state index in [9.17, 15) is 0 Å². The molecule has 164 valence electrons. The Morgan fingerprint density at radius 2 is 0.848 bits per heavy atom. The summed E-state index contributed by atoms with van der Waals surface area (Å²) in [5.41, 5.74) is 9.90. The molecule has 2 atom stereocenters. The van der Waals surface area contributed by atoms with Gasteiger partial charge in [-0.15, -0.1) is 0 Å². The summed E-state index contributed by atoms with van der Waals surface area (Å²) in [5.74, 6) is 0.444. The first-order valence-electron chi connectivity index (χ1n) is 11.6. The lowest BCUT2D eigenvalue weighted by molar-refractivity contribution is 0.829. The molecule has 1 heteroatoms. The van der Waals surface area contributed by atoms with Crippen molar-refractivity contribution in [3.8, 4) is 33.4 Å². The van der Waals surface area contributed by atoms with Crippen LogP contribution in [0.1, 0.15) is 43.9 Å². The van der Waals surface area contributed by atoms with E-state index in [-0.39, 0.29) is 6.04 Å². The Morgan fingerprint density at radius 3 is 1.15 bits per heavy atom. The SMILES string of the molecule is C=NC(C)c1ccc(-c2ccc(-c3ccc(-c4ccc(C(C)/C=C\C)cc4)cc3)cc2)cc1. The smallest absolute Gasteiger partial charge is 0.0713 e. The molecule has 0 amide bonds. The maximum Gasteiger partial charge on any atom is 0.0713 e. The summed E-state index contributed by atoms with van der Waals surface area (Å²) in [4.78, 5) is 4.10. The van der Waals surface area contributed by atoms with Crippen LogP contribution < -0.4 is 0 Å². The molecule has 0 aliphatic heterocycles. The lowest BCUT2D eigenvalue weighted by Crippen LogP contribution is -1.89. The van der Waals surface area contributed by atoms with Gasteiger partial charge in [0.2, 0.25) is 0 Å². The Morgan fingerprint density at radius 1 is 0.545 bits per heavy atom. The molecular formula is C32H31N. The average Bonchev–Trinajstić information content (AvgIpc) is 2.89. The van der Waals surface area contributed by atoms with E-state index in [0.717, 1.165) is 0 Å². The van der Waals surface area contributed by atoms with Crippen molar-refractivity contribution in [1.29, 1.82) is 0 Å². The van der Waals surface area contributed by atoms with Gasteiger partial charge in [-0.25, -0.2) is 0 Å². The Kier molecular flexibility index (Phi) is 7.00. The first kappa shape index (κ1) is 22.5. The highest BCUT2D eigenvalue weighted by molar-refractivity contribution is 5.73. The molecule has 2 unspecified atom stereocenters. The third kappa shape index (κ3) is 5.21. The summed E-state index contributed by atoms with van der Waals surface area (Å²) in [7, 11) is 0. The predicted octanol–water partition coefficient (Wildman–Crippen LogP) is 9.13. The Labute approximate surface area is 198 Å². The molecule has 4 aromatic rings. The van der Waals surface area contributed by atoms with Crippen LogP contribution in [0, 0.1) is 0 Å². The van der Waals surface area contributed by atoms with Gasteiger partial charge in [-0.2, -0.15) is 0 Å². The molecular weight excluding hydrogens is 398 g/mol. The second-order valence-electron chi connectivity index (χ2n) is 8.57. The van der Waals surface area contributed by atoms with Gasteiger partial charge in [0.1, 0.15) is 0 Å². The number of hydrogen-bond acceptors (Lipinski definition) is 1. The predicted molar refractivity (Wildman–Crippen MR) is 144 cm³/mol. The van der Waals surface area contributed by atoms with Gasteiger partial charge in [-0.1, -0.05) is 116 Å². The van der Waals surface area contributed by atoms with Gasteiger partial charge in [-0.05, 0) is 71.0 Å². The number of hydrogen-bond donors (Lipinski definition) is 0. The van der Waals surface area contributed by atoms with Gasteiger partial charge < -0.3 is 0 Å². The normalized spacial score (nSPS) is 13.1. The molecule has 0 bridgehead atoms. The highest BCUT2D eigenvalue weighted by Crippen LogP contribution is 2.29. The largest absolute Gasteiger partial charge is 0.293 e. The van der Waals surface area contributed by atoms with Gasteiger partial charge in [0.25, 0.3) is 0 Å². The van der Waals surface area contributed by atoms with Crippen molar-refractivity contribution < 1.29 is 0 Å². The minimum atomic E-state index is 0.129. The fourth-order valence-corrected chi connectivity index (χ4v) is 4.15. The second-order valence-corrected chi connectivity index (χ2v) is 8.57. The average molecular weight is 430 g/mol. The second kappa shape index (κ2) is 10.3. The van der Waals surface area contributed by atoms with Crippen LogP contribution in [0.2, 0.25) is 0 Å². The standard InChI is InChI=1S/C32H31N/c1-5-6-23(2)25-7-11-27(12-8-25)29-15-19-31(20-16-29)32-21-17-30(18-22-32)28-13-9-26(10-14-28)24(3)33-4/h5-24H,4H2,1-3H3/b6-5-. The van der Waals surface area contributed by atoms with Crippen molar-refractivity contribution in [2.75, 3.05) is 0 Å². The van der Waals surface area contributed by atoms with Crippen molar-refractivity contribution in [3.05, 3.63) is 120 Å². The maximum atomic E-state index is 4.10. The first-order valence-corrected chi connectivity index (χ1v) is 11.6. The van der Waals surface area contributed by atoms with E-state index < -0.39 is 0 Å². The van der Waals surface area contributed by atoms with Crippen LogP contribution in [0.4, 0.5) is 0 Å². The van der Waals surface area contributed by atoms with Crippen LogP contribution in [0.15, 0.2) is 114 Å². The molecule has 4 rings (SSSR count). The Bertz CT molecular complexity index is 1210. The van der Waals surface area contributed by atoms with Crippen molar-refractivity contribution in [2.24, 2.45) is 4.99 Å². The summed E-state index contributed by atoms with van der Waals surface area (Å²) >= 11 is 0. The van der Waals surface area contributed by atoms with Crippen LogP contribution in [0.5, 0.6) is 0 Å². The van der Waals surface area contributed by atoms with Crippen molar-refractivity contribution in [2.45, 2.75) is 32.7 Å². The number of benzene rings is 4. The summed E-state index contributed by atoms with van der Waals surface area (Å²) in [6.45, 7) is 10.00. The van der Waals surface area contributed by atoms with Crippen LogP contribution >= 0.6 is 0 Å². The molecule has 0 aliphatic carbocycles. The highest BCUT2D eigenvalue weighted by atomic mass is 14.7. The van der Waals surface area contributed by atoms with Gasteiger partial charge in [0.15, 0.2) is 0 Å². The van der Waals surface area contributed by atoms with E-state index in [1.54, 1.807) is 0 Å². The molecule has 4 aromatic carbocycles. The monoisotopic (exact) mass is 429 g/mol. The van der Waals surface area contributed by atoms with Gasteiger partial charge in [0.05, 0.1) is 6.04 Å². The molecule has 0 spiro atoms. The fraction of sp³-hybridized carbons (Fsp3) is 0.156. The first-order chi connectivity index (χ1) is 16.1. The van der Waals surface area contributed by atoms with Crippen LogP contribution in [0.3, 0.4) is 0 Å². The number of allylic oxidation sites excluding steroid dienone is 2. The molecule has 0 fully saturated rings. The van der Waals surface area contributed by atoms with Gasteiger partial charge in [0, 0.05) is 0 Å². The Hall–Kier alpha value is -3.71. The molecule has 0 N–H and O–H groups in total. The third-order valence-corrected chi connectivity index (χ3v) is 6.35. The molecule has 0 radical (unpaired) electrons. The van der Waals surface area contributed by atoms with E-state index in [4.69, 9.17) is 0 Å². The Balaban J connectivity index is 1.48. The molecule has 1 nitrogen and oxygen atoms in total. The molecule has 0 heterocycles. The van der Waals surface area contributed by atoms with Crippen LogP contribution in [0.25, 0.3) is 33.4 Å². The zero-order valence-corrected chi connectivity index (χ0v) is 19.7. The molecule has 0 saturated carbocycles. The molecule has 0 saturated heterocycles. The number of nitrogens with zero attached hydrogens (tertiary/aromatic N) is 1. The molecule has 0 aromatic heterocycles. The van der Waals surface area contributed by atoms with E-state index in [0.29, 0.717) is 5.92 Å². The lowest BCUT2D eigenvalue weighted by Gasteiger charge is -2.10. The lowest BCUT2D eigenvalue weighted by atomic mass is 9.95. The minimum Gasteiger partial charge on any atom is -0.293 e. The zero-order valence-electron chi connectivity index (χ0n) is 19.7. The minimum absolute atomic E-state index is 0.129. The van der Waals surface area contributed by atoms with E-state index in [2.05, 4.69) is 142 Å². The van der Waals surface area contributed by atoms with Crippen LogP contribution in [-0.2, 0) is 0 Å². The van der Waals surface area contributed by atoms with E-state index in [1.165, 1.54) is 44.5 Å². The van der Waals surface area contributed by atoms with Crippen molar-refractivity contribution in [3.63, 3.8) is 0 Å². The third-order valence-electron chi connectivity index (χ3n) is 6.35. The summed E-state index contributed by atoms with van der Waals surface area (Å²) < 4.78 is 0. The van der Waals surface area contributed by atoms with E-state index >= 15 is 0 Å². The maximum absolute atomic E-state index is 4.10. The summed E-state index contributed by atoms with van der Waals surface area (Å²) in [5, 5.41) is 0. The molecule has 33 heavy (non-hydrogen) atoms. The van der Waals surface area contributed by atoms with Crippen molar-refractivity contribution in [1.82, 2.24) is 0 Å². The van der Waals surface area contributed by atoms with Crippen LogP contribution in [-0.4, -0.2) is 6.72 Å². The summed E-state index contributed by atoms with van der Waals surface area (Å²) in [6, 6.07) is 35.2. The van der Waals surface area contributed by atoms with Gasteiger partial charge >= 0.3 is 0 Å². The van der Waals surface area contributed by atoms with Gasteiger partial charge in [-0.3, -0.25) is 4.99 Å². The highest BCUT2D eigenvalue weighted by Gasteiger charge is 2.06. The fourth-order valence-electron chi connectivity index (χ4n) is 4.15. The molecule has 0 aliphatic rings. The van der Waals surface area contributed by atoms with E-state index in [1.807, 2.05) is 0 Å². The topological polar surface area (TPSA) is 12.4 Å². The number of rotatable bonds is 7. The van der Waals surface area contributed by atoms with Crippen molar-refractivity contribution >= 4 is 6.72 Å².